The molecule has 0 aliphatic rings. The topological polar surface area (TPSA) is 119 Å². The number of methoxy groups -OCH3 is 1. The number of carbonyl (C=O) groups excluding carboxylic acids is 3. The van der Waals surface area contributed by atoms with Crippen molar-refractivity contribution in [2.24, 2.45) is 0 Å². The van der Waals surface area contributed by atoms with Crippen LogP contribution in [0.15, 0.2) is 66.8 Å². The molecule has 0 aliphatic carbocycles. The zero-order valence-corrected chi connectivity index (χ0v) is 18.2. The number of aromatic hydroxyl groups is 2. The Morgan fingerprint density at radius 3 is 1.94 bits per heavy atom. The van der Waals surface area contributed by atoms with Gasteiger partial charge in [-0.15, -0.1) is 0 Å². The van der Waals surface area contributed by atoms with Crippen molar-refractivity contribution in [3.8, 4) is 17.2 Å². The fourth-order valence-corrected chi connectivity index (χ4v) is 2.20. The van der Waals surface area contributed by atoms with Gasteiger partial charge in [0.15, 0.2) is 5.78 Å². The molecule has 2 N–H and O–H groups in total. The minimum absolute atomic E-state index is 0.0328. The van der Waals surface area contributed by atoms with E-state index in [1.165, 1.54) is 37.4 Å². The summed E-state index contributed by atoms with van der Waals surface area (Å²) in [4.78, 5) is 33.8. The Hall–Kier alpha value is -4.07. The van der Waals surface area contributed by atoms with Crippen LogP contribution in [0.2, 0.25) is 0 Å². The Morgan fingerprint density at radius 1 is 0.844 bits per heavy atom. The monoisotopic (exact) mass is 442 g/mol. The second kappa shape index (κ2) is 12.6. The molecule has 2 aromatic rings. The summed E-state index contributed by atoms with van der Waals surface area (Å²) < 4.78 is 14.5. The first kappa shape index (κ1) is 26.0. The molecular weight excluding hydrogens is 416 g/mol. The lowest BCUT2D eigenvalue weighted by molar-refractivity contribution is -0.139. The van der Waals surface area contributed by atoms with E-state index in [1.54, 1.807) is 26.0 Å². The summed E-state index contributed by atoms with van der Waals surface area (Å²) in [6.07, 6.45) is 0. The highest BCUT2D eigenvalue weighted by Gasteiger charge is 2.17. The molecule has 2 rings (SSSR count). The number of hydrogen-bond acceptors (Lipinski definition) is 8. The molecule has 0 amide bonds. The van der Waals surface area contributed by atoms with Gasteiger partial charge in [-0.05, 0) is 38.1 Å². The third-order valence-corrected chi connectivity index (χ3v) is 3.83. The van der Waals surface area contributed by atoms with Crippen LogP contribution in [0.25, 0.3) is 0 Å². The molecule has 0 heterocycles. The van der Waals surface area contributed by atoms with E-state index in [-0.39, 0.29) is 41.8 Å². The number of carbonyl (C=O) groups is 3. The van der Waals surface area contributed by atoms with Gasteiger partial charge in [-0.1, -0.05) is 25.3 Å². The van der Waals surface area contributed by atoms with Crippen LogP contribution in [0.3, 0.4) is 0 Å². The molecule has 0 unspecified atom stereocenters. The summed E-state index contributed by atoms with van der Waals surface area (Å²) in [7, 11) is 1.33. The zero-order valence-electron chi connectivity index (χ0n) is 18.2. The highest BCUT2D eigenvalue weighted by atomic mass is 16.6. The fraction of sp³-hybridized carbons (Fsp3) is 0.208. The van der Waals surface area contributed by atoms with Gasteiger partial charge in [0.25, 0.3) is 0 Å². The average Bonchev–Trinajstić information content (AvgIpc) is 2.76. The molecule has 2 aromatic carbocycles. The van der Waals surface area contributed by atoms with E-state index in [0.717, 1.165) is 0 Å². The number of ether oxygens (including phenoxy) is 3. The Labute approximate surface area is 186 Å². The first-order valence-electron chi connectivity index (χ1n) is 9.43. The van der Waals surface area contributed by atoms with Crippen molar-refractivity contribution >= 4 is 17.7 Å². The zero-order chi connectivity index (χ0) is 24.3. The smallest absolute Gasteiger partial charge is 0.333 e. The van der Waals surface area contributed by atoms with E-state index in [0.29, 0.717) is 16.9 Å². The van der Waals surface area contributed by atoms with Crippen LogP contribution >= 0.6 is 0 Å². The van der Waals surface area contributed by atoms with Gasteiger partial charge in [0.2, 0.25) is 0 Å². The van der Waals surface area contributed by atoms with Crippen molar-refractivity contribution < 1.29 is 38.8 Å². The first-order valence-corrected chi connectivity index (χ1v) is 9.43. The molecule has 0 spiro atoms. The maximum Gasteiger partial charge on any atom is 0.333 e. The number of phenols is 2. The van der Waals surface area contributed by atoms with Crippen LogP contribution in [0, 0.1) is 0 Å². The largest absolute Gasteiger partial charge is 0.507 e. The SMILES string of the molecule is C=C(C)C(=O)OC.C=C(C)C(=O)OCCOc1ccc(C(=O)c2ccccc2O)c(O)c1. The van der Waals surface area contributed by atoms with Crippen molar-refractivity contribution in [1.29, 1.82) is 0 Å². The fourth-order valence-electron chi connectivity index (χ4n) is 2.20. The molecule has 0 saturated heterocycles. The number of hydrogen-bond donors (Lipinski definition) is 2. The maximum absolute atomic E-state index is 12.4. The number of para-hydroxylation sites is 1. The Balaban J connectivity index is 0.000000633. The van der Waals surface area contributed by atoms with Crippen LogP contribution in [0.4, 0.5) is 0 Å². The molecule has 0 bridgehead atoms. The highest BCUT2D eigenvalue weighted by Crippen LogP contribution is 2.28. The van der Waals surface area contributed by atoms with Gasteiger partial charge in [-0.3, -0.25) is 4.79 Å². The van der Waals surface area contributed by atoms with Crippen LogP contribution < -0.4 is 4.74 Å². The van der Waals surface area contributed by atoms with Crippen molar-refractivity contribution in [2.45, 2.75) is 13.8 Å². The van der Waals surface area contributed by atoms with E-state index < -0.39 is 11.8 Å². The molecule has 0 aliphatic heterocycles. The van der Waals surface area contributed by atoms with E-state index in [1.807, 2.05) is 0 Å². The summed E-state index contributed by atoms with van der Waals surface area (Å²) in [5.74, 6) is -1.47. The van der Waals surface area contributed by atoms with E-state index in [4.69, 9.17) is 9.47 Å². The Morgan fingerprint density at radius 2 is 1.44 bits per heavy atom. The van der Waals surface area contributed by atoms with Gasteiger partial charge in [-0.25, -0.2) is 9.59 Å². The summed E-state index contributed by atoms with van der Waals surface area (Å²) in [5.41, 5.74) is 0.868. The molecular formula is C24H26O8. The quantitative estimate of drug-likeness (QED) is 0.276. The van der Waals surface area contributed by atoms with Gasteiger partial charge in [0.1, 0.15) is 30.5 Å². The number of phenolic OH excluding ortho intramolecular Hbond substituents is 2. The molecule has 8 nitrogen and oxygen atoms in total. The van der Waals surface area contributed by atoms with Gasteiger partial charge in [0, 0.05) is 17.2 Å². The minimum Gasteiger partial charge on any atom is -0.507 e. The molecule has 0 atom stereocenters. The standard InChI is InChI=1S/C19H18O6.C5H8O2/c1-12(2)19(23)25-10-9-24-13-7-8-15(17(21)11-13)18(22)14-5-3-4-6-16(14)20;1-4(2)5(6)7-3/h3-8,11,20-21H,1,9-10H2,2H3;1H2,2-3H3. The number of rotatable bonds is 8. The third kappa shape index (κ3) is 7.98. The lowest BCUT2D eigenvalue weighted by atomic mass is 10.0. The molecule has 8 heteroatoms. The number of ketones is 1. The van der Waals surface area contributed by atoms with Crippen LogP contribution in [-0.4, -0.2) is 48.3 Å². The lowest BCUT2D eigenvalue weighted by Crippen LogP contribution is -2.12. The average molecular weight is 442 g/mol. The second-order valence-corrected chi connectivity index (χ2v) is 6.56. The molecule has 0 fully saturated rings. The van der Waals surface area contributed by atoms with Crippen molar-refractivity contribution in [2.75, 3.05) is 20.3 Å². The van der Waals surface area contributed by atoms with Crippen LogP contribution in [-0.2, 0) is 19.1 Å². The molecule has 0 aromatic heterocycles. The van der Waals surface area contributed by atoms with Gasteiger partial charge in [0.05, 0.1) is 18.2 Å². The van der Waals surface area contributed by atoms with Gasteiger partial charge >= 0.3 is 11.9 Å². The first-order chi connectivity index (χ1) is 15.1. The van der Waals surface area contributed by atoms with Crippen molar-refractivity contribution in [1.82, 2.24) is 0 Å². The molecule has 32 heavy (non-hydrogen) atoms. The van der Waals surface area contributed by atoms with Crippen LogP contribution in [0.1, 0.15) is 29.8 Å². The maximum atomic E-state index is 12.4. The molecule has 0 radical (unpaired) electrons. The predicted molar refractivity (Wildman–Crippen MR) is 118 cm³/mol. The van der Waals surface area contributed by atoms with Crippen LogP contribution in [0.5, 0.6) is 17.2 Å². The van der Waals surface area contributed by atoms with Crippen molar-refractivity contribution in [3.05, 3.63) is 77.9 Å². The second-order valence-electron chi connectivity index (χ2n) is 6.56. The highest BCUT2D eigenvalue weighted by molar-refractivity contribution is 6.12. The third-order valence-electron chi connectivity index (χ3n) is 3.83. The predicted octanol–water partition coefficient (Wildman–Crippen LogP) is 3.56. The van der Waals surface area contributed by atoms with Gasteiger partial charge in [-0.2, -0.15) is 0 Å². The van der Waals surface area contributed by atoms with E-state index >= 15 is 0 Å². The Bertz CT molecular complexity index is 1010. The normalized spacial score (nSPS) is 9.59. The minimum atomic E-state index is -0.505. The number of benzene rings is 2. The van der Waals surface area contributed by atoms with Crippen molar-refractivity contribution in [3.63, 3.8) is 0 Å². The molecule has 0 saturated carbocycles. The Kier molecular flexibility index (Phi) is 10.2. The summed E-state index contributed by atoms with van der Waals surface area (Å²) in [5, 5.41) is 19.8. The summed E-state index contributed by atoms with van der Waals surface area (Å²) in [6.45, 7) is 10.1. The van der Waals surface area contributed by atoms with E-state index in [2.05, 4.69) is 17.9 Å². The summed E-state index contributed by atoms with van der Waals surface area (Å²) in [6, 6.07) is 10.3. The van der Waals surface area contributed by atoms with Gasteiger partial charge < -0.3 is 24.4 Å². The number of esters is 2. The van der Waals surface area contributed by atoms with E-state index in [9.17, 15) is 24.6 Å². The lowest BCUT2D eigenvalue weighted by Gasteiger charge is -2.10. The summed E-state index contributed by atoms with van der Waals surface area (Å²) >= 11 is 0. The molecule has 170 valence electrons.